The van der Waals surface area contributed by atoms with Crippen LogP contribution in [0.5, 0.6) is 5.75 Å². The van der Waals surface area contributed by atoms with Crippen molar-refractivity contribution in [2.45, 2.75) is 31.8 Å². The average Bonchev–Trinajstić information content (AvgIpc) is 3.17. The monoisotopic (exact) mass is 481 g/mol. The zero-order valence-electron chi connectivity index (χ0n) is 18.2. The summed E-state index contributed by atoms with van der Waals surface area (Å²) in [6.45, 7) is 1.42. The van der Waals surface area contributed by atoms with E-state index in [0.717, 1.165) is 0 Å². The van der Waals surface area contributed by atoms with Crippen LogP contribution in [0.1, 0.15) is 20.3 Å². The third-order valence-electron chi connectivity index (χ3n) is 5.33. The number of anilines is 2. The first-order chi connectivity index (χ1) is 15.6. The fourth-order valence-corrected chi connectivity index (χ4v) is 5.07. The molecule has 3 rings (SSSR count). The highest BCUT2D eigenvalue weighted by molar-refractivity contribution is 7.89. The maximum Gasteiger partial charge on any atom is 0.387 e. The lowest BCUT2D eigenvalue weighted by Gasteiger charge is -2.20. The van der Waals surface area contributed by atoms with Crippen LogP contribution < -0.4 is 15.0 Å². The number of benzene rings is 2. The molecule has 1 saturated heterocycles. The molecule has 0 unspecified atom stereocenters. The molecule has 0 spiro atoms. The molecule has 33 heavy (non-hydrogen) atoms. The molecule has 2 aromatic carbocycles. The summed E-state index contributed by atoms with van der Waals surface area (Å²) in [6, 6.07) is 11.5. The number of hydrogen-bond donors (Lipinski definition) is 1. The van der Waals surface area contributed by atoms with Gasteiger partial charge in [-0.15, -0.1) is 0 Å². The van der Waals surface area contributed by atoms with Crippen LogP contribution in [0.15, 0.2) is 53.4 Å². The van der Waals surface area contributed by atoms with E-state index in [2.05, 4.69) is 10.1 Å². The van der Waals surface area contributed by atoms with Crippen molar-refractivity contribution in [2.75, 3.05) is 29.9 Å². The maximum absolute atomic E-state index is 12.6. The third-order valence-corrected chi connectivity index (χ3v) is 7.40. The molecule has 0 bridgehead atoms. The smallest absolute Gasteiger partial charge is 0.387 e. The van der Waals surface area contributed by atoms with E-state index in [9.17, 15) is 26.8 Å². The minimum atomic E-state index is -3.61. The first-order valence-corrected chi connectivity index (χ1v) is 11.9. The van der Waals surface area contributed by atoms with Crippen LogP contribution >= 0.6 is 0 Å². The van der Waals surface area contributed by atoms with Crippen molar-refractivity contribution < 1.29 is 31.5 Å². The Morgan fingerprint density at radius 1 is 1.12 bits per heavy atom. The molecule has 1 heterocycles. The minimum Gasteiger partial charge on any atom is -0.435 e. The lowest BCUT2D eigenvalue weighted by atomic mass is 10.1. The summed E-state index contributed by atoms with van der Waals surface area (Å²) in [5.74, 6) is -1.28. The molecule has 2 aromatic rings. The number of ether oxygens (including phenoxy) is 1. The van der Waals surface area contributed by atoms with Crippen molar-refractivity contribution in [1.29, 1.82) is 0 Å². The Morgan fingerprint density at radius 3 is 2.27 bits per heavy atom. The number of halogens is 2. The number of carbonyl (C=O) groups is 2. The number of amides is 2. The minimum absolute atomic E-state index is 0.00208. The van der Waals surface area contributed by atoms with Gasteiger partial charge in [0.15, 0.2) is 0 Å². The van der Waals surface area contributed by atoms with Crippen LogP contribution in [-0.2, 0) is 19.6 Å². The van der Waals surface area contributed by atoms with Gasteiger partial charge in [-0.25, -0.2) is 8.42 Å². The van der Waals surface area contributed by atoms with Gasteiger partial charge in [-0.1, -0.05) is 13.8 Å². The Balaban J connectivity index is 1.65. The van der Waals surface area contributed by atoms with E-state index < -0.39 is 22.6 Å². The largest absolute Gasteiger partial charge is 0.435 e. The lowest BCUT2D eigenvalue weighted by Crippen LogP contribution is -2.31. The molecule has 0 saturated carbocycles. The molecule has 1 aliphatic rings. The third kappa shape index (κ3) is 5.66. The first-order valence-electron chi connectivity index (χ1n) is 10.4. The van der Waals surface area contributed by atoms with Gasteiger partial charge in [0.05, 0.1) is 10.8 Å². The summed E-state index contributed by atoms with van der Waals surface area (Å²) in [7, 11) is -3.61. The zero-order valence-corrected chi connectivity index (χ0v) is 19.0. The maximum atomic E-state index is 12.6. The molecule has 0 radical (unpaired) electrons. The van der Waals surface area contributed by atoms with E-state index in [0.29, 0.717) is 24.5 Å². The Bertz CT molecular complexity index is 1090. The molecule has 178 valence electrons. The summed E-state index contributed by atoms with van der Waals surface area (Å²) in [6.07, 6.45) is -0.00208. The van der Waals surface area contributed by atoms with Crippen LogP contribution in [0.25, 0.3) is 0 Å². The summed E-state index contributed by atoms with van der Waals surface area (Å²) in [5, 5.41) is 2.67. The summed E-state index contributed by atoms with van der Waals surface area (Å²) in [5.41, 5.74) is 0.890. The van der Waals surface area contributed by atoms with Gasteiger partial charge in [0.2, 0.25) is 21.8 Å². The van der Waals surface area contributed by atoms with Crippen molar-refractivity contribution in [3.05, 3.63) is 48.5 Å². The number of nitrogens with one attached hydrogen (secondary N) is 1. The predicted molar refractivity (Wildman–Crippen MR) is 119 cm³/mol. The van der Waals surface area contributed by atoms with Crippen molar-refractivity contribution >= 4 is 33.2 Å². The Labute approximate surface area is 191 Å². The van der Waals surface area contributed by atoms with Crippen molar-refractivity contribution in [1.82, 2.24) is 4.31 Å². The Morgan fingerprint density at radius 2 is 1.73 bits per heavy atom. The summed E-state index contributed by atoms with van der Waals surface area (Å²) in [4.78, 5) is 26.7. The number of carbonyl (C=O) groups excluding carboxylic acids is 2. The normalized spacial score (nSPS) is 16.5. The SMILES string of the molecule is CCN(CC)S(=O)(=O)c1ccc(N2C[C@H](C(=O)Nc3ccc(OC(F)F)cc3)CC2=O)cc1. The number of rotatable bonds is 9. The second-order valence-corrected chi connectivity index (χ2v) is 9.32. The topological polar surface area (TPSA) is 96.0 Å². The Kier molecular flexibility index (Phi) is 7.65. The van der Waals surface area contributed by atoms with Gasteiger partial charge >= 0.3 is 6.61 Å². The van der Waals surface area contributed by atoms with Gasteiger partial charge in [0, 0.05) is 37.4 Å². The molecule has 1 fully saturated rings. The molecule has 11 heteroatoms. The zero-order chi connectivity index (χ0) is 24.2. The molecule has 2 amide bonds. The van der Waals surface area contributed by atoms with Crippen LogP contribution in [0.2, 0.25) is 0 Å². The van der Waals surface area contributed by atoms with E-state index in [1.807, 2.05) is 0 Å². The van der Waals surface area contributed by atoms with Gasteiger partial charge in [0.1, 0.15) is 5.75 Å². The average molecular weight is 482 g/mol. The predicted octanol–water partition coefficient (Wildman–Crippen LogP) is 3.31. The van der Waals surface area contributed by atoms with E-state index in [1.165, 1.54) is 45.6 Å². The van der Waals surface area contributed by atoms with E-state index in [1.54, 1.807) is 26.0 Å². The van der Waals surface area contributed by atoms with Crippen molar-refractivity contribution in [2.24, 2.45) is 5.92 Å². The van der Waals surface area contributed by atoms with Crippen LogP contribution in [0.3, 0.4) is 0 Å². The summed E-state index contributed by atoms with van der Waals surface area (Å²) >= 11 is 0. The highest BCUT2D eigenvalue weighted by Crippen LogP contribution is 2.28. The van der Waals surface area contributed by atoms with Crippen LogP contribution in [0, 0.1) is 5.92 Å². The molecular weight excluding hydrogens is 456 g/mol. The Hall–Kier alpha value is -3.05. The second-order valence-electron chi connectivity index (χ2n) is 7.38. The van der Waals surface area contributed by atoms with Crippen LogP contribution in [0.4, 0.5) is 20.2 Å². The summed E-state index contributed by atoms with van der Waals surface area (Å²) < 4.78 is 55.3. The molecule has 8 nitrogen and oxygen atoms in total. The quantitative estimate of drug-likeness (QED) is 0.593. The molecule has 1 N–H and O–H groups in total. The number of sulfonamides is 1. The number of nitrogens with zero attached hydrogens (tertiary/aromatic N) is 2. The molecule has 1 atom stereocenters. The van der Waals surface area contributed by atoms with Gasteiger partial charge in [-0.3, -0.25) is 9.59 Å². The second kappa shape index (κ2) is 10.3. The van der Waals surface area contributed by atoms with E-state index in [4.69, 9.17) is 0 Å². The number of hydrogen-bond acceptors (Lipinski definition) is 5. The molecule has 1 aliphatic heterocycles. The van der Waals surface area contributed by atoms with Gasteiger partial charge in [-0.05, 0) is 48.5 Å². The lowest BCUT2D eigenvalue weighted by molar-refractivity contribution is -0.122. The fraction of sp³-hybridized carbons (Fsp3) is 0.364. The first kappa shape index (κ1) is 24.6. The standard InChI is InChI=1S/C22H25F2N3O5S/c1-3-26(4-2)33(30,31)19-11-7-17(8-12-19)27-14-15(13-20(27)28)21(29)25-16-5-9-18(10-6-16)32-22(23)24/h5-12,15,22H,3-4,13-14H2,1-2H3,(H,25,29)/t15-/m1/s1. The van der Waals surface area contributed by atoms with E-state index in [-0.39, 0.29) is 35.4 Å². The van der Waals surface area contributed by atoms with E-state index >= 15 is 0 Å². The van der Waals surface area contributed by atoms with Gasteiger partial charge < -0.3 is 15.0 Å². The highest BCUT2D eigenvalue weighted by atomic mass is 32.2. The molecule has 0 aromatic heterocycles. The van der Waals surface area contributed by atoms with Crippen molar-refractivity contribution in [3.63, 3.8) is 0 Å². The molecular formula is C22H25F2N3O5S. The fourth-order valence-electron chi connectivity index (χ4n) is 3.61. The van der Waals surface area contributed by atoms with Crippen LogP contribution in [-0.4, -0.2) is 50.8 Å². The van der Waals surface area contributed by atoms with Gasteiger partial charge in [0.25, 0.3) is 0 Å². The van der Waals surface area contributed by atoms with Gasteiger partial charge in [-0.2, -0.15) is 13.1 Å². The van der Waals surface area contributed by atoms with Crippen molar-refractivity contribution in [3.8, 4) is 5.75 Å². The number of alkyl halides is 2. The molecule has 0 aliphatic carbocycles. The highest BCUT2D eigenvalue weighted by Gasteiger charge is 2.35.